The van der Waals surface area contributed by atoms with E-state index in [4.69, 9.17) is 10.9 Å². The zero-order chi connectivity index (χ0) is 13.6. The number of primary sulfonamides is 1. The maximum atomic E-state index is 12.1. The third-order valence-electron chi connectivity index (χ3n) is 3.57. The Labute approximate surface area is 109 Å². The minimum absolute atomic E-state index is 0.0425. The van der Waals surface area contributed by atoms with E-state index in [0.29, 0.717) is 19.5 Å². The van der Waals surface area contributed by atoms with E-state index in [1.807, 2.05) is 0 Å². The molecular formula is C11H23N3O3S. The first-order valence-electron chi connectivity index (χ1n) is 6.38. The standard InChI is InChI=1S/C11H23N3O3S/c12-9-11(5-2-1-3-6-11)10(15)14-7-4-8-18(13,16)17/h1-9,12H2,(H,14,15)(H2,13,16,17). The van der Waals surface area contributed by atoms with Crippen LogP contribution in [0.2, 0.25) is 0 Å². The molecule has 18 heavy (non-hydrogen) atoms. The molecule has 0 aromatic heterocycles. The third-order valence-corrected chi connectivity index (χ3v) is 4.43. The van der Waals surface area contributed by atoms with Gasteiger partial charge in [-0.05, 0) is 19.3 Å². The number of nitrogens with one attached hydrogen (secondary N) is 1. The van der Waals surface area contributed by atoms with Gasteiger partial charge in [-0.1, -0.05) is 19.3 Å². The van der Waals surface area contributed by atoms with E-state index in [-0.39, 0.29) is 11.7 Å². The fourth-order valence-corrected chi connectivity index (χ4v) is 2.96. The number of sulfonamides is 1. The van der Waals surface area contributed by atoms with Crippen LogP contribution in [0, 0.1) is 5.41 Å². The predicted octanol–water partition coefficient (Wildman–Crippen LogP) is -0.310. The Morgan fingerprint density at radius 1 is 1.22 bits per heavy atom. The van der Waals surface area contributed by atoms with Crippen LogP contribution in [0.4, 0.5) is 0 Å². The normalized spacial score (nSPS) is 19.4. The van der Waals surface area contributed by atoms with Crippen LogP contribution >= 0.6 is 0 Å². The quantitative estimate of drug-likeness (QED) is 0.577. The molecule has 0 radical (unpaired) electrons. The fraction of sp³-hybridized carbons (Fsp3) is 0.909. The summed E-state index contributed by atoms with van der Waals surface area (Å²) in [6, 6.07) is 0. The molecule has 7 heteroatoms. The van der Waals surface area contributed by atoms with Crippen molar-refractivity contribution < 1.29 is 13.2 Å². The van der Waals surface area contributed by atoms with Gasteiger partial charge in [0.2, 0.25) is 15.9 Å². The lowest BCUT2D eigenvalue weighted by atomic mass is 9.73. The molecule has 6 nitrogen and oxygen atoms in total. The Hall–Kier alpha value is -0.660. The molecule has 1 saturated carbocycles. The highest BCUT2D eigenvalue weighted by atomic mass is 32.2. The van der Waals surface area contributed by atoms with Crippen LogP contribution < -0.4 is 16.2 Å². The van der Waals surface area contributed by atoms with E-state index in [1.165, 1.54) is 0 Å². The molecule has 0 saturated heterocycles. The van der Waals surface area contributed by atoms with E-state index in [1.54, 1.807) is 0 Å². The van der Waals surface area contributed by atoms with Crippen molar-refractivity contribution in [1.29, 1.82) is 0 Å². The predicted molar refractivity (Wildman–Crippen MR) is 70.2 cm³/mol. The largest absolute Gasteiger partial charge is 0.356 e. The van der Waals surface area contributed by atoms with Crippen LogP contribution in [0.5, 0.6) is 0 Å². The lowest BCUT2D eigenvalue weighted by molar-refractivity contribution is -0.132. The van der Waals surface area contributed by atoms with Crippen LogP contribution in [0.1, 0.15) is 38.5 Å². The van der Waals surface area contributed by atoms with Crippen LogP contribution in [0.3, 0.4) is 0 Å². The highest BCUT2D eigenvalue weighted by Crippen LogP contribution is 2.35. The Morgan fingerprint density at radius 2 is 1.83 bits per heavy atom. The van der Waals surface area contributed by atoms with Crippen molar-refractivity contribution in [3.05, 3.63) is 0 Å². The molecule has 1 aliphatic rings. The van der Waals surface area contributed by atoms with Gasteiger partial charge < -0.3 is 11.1 Å². The minimum atomic E-state index is -3.44. The van der Waals surface area contributed by atoms with Gasteiger partial charge in [0.25, 0.3) is 0 Å². The minimum Gasteiger partial charge on any atom is -0.356 e. The van der Waals surface area contributed by atoms with Gasteiger partial charge in [0.15, 0.2) is 0 Å². The first kappa shape index (κ1) is 15.4. The number of hydrogen-bond donors (Lipinski definition) is 3. The van der Waals surface area contributed by atoms with Crippen LogP contribution in [0.25, 0.3) is 0 Å². The van der Waals surface area contributed by atoms with Crippen LogP contribution in [-0.4, -0.2) is 33.2 Å². The number of amides is 1. The van der Waals surface area contributed by atoms with Crippen molar-refractivity contribution >= 4 is 15.9 Å². The maximum absolute atomic E-state index is 12.1. The molecule has 0 aromatic carbocycles. The molecule has 1 amide bonds. The van der Waals surface area contributed by atoms with Gasteiger partial charge in [0.1, 0.15) is 0 Å². The molecule has 1 fully saturated rings. The van der Waals surface area contributed by atoms with Gasteiger partial charge in [0, 0.05) is 13.1 Å². The SMILES string of the molecule is NCC1(C(=O)NCCCS(N)(=O)=O)CCCCC1. The number of hydrogen-bond acceptors (Lipinski definition) is 4. The van der Waals surface area contributed by atoms with Crippen LogP contribution in [-0.2, 0) is 14.8 Å². The summed E-state index contributed by atoms with van der Waals surface area (Å²) in [4.78, 5) is 12.1. The van der Waals surface area contributed by atoms with E-state index >= 15 is 0 Å². The van der Waals surface area contributed by atoms with Gasteiger partial charge >= 0.3 is 0 Å². The highest BCUT2D eigenvalue weighted by Gasteiger charge is 2.37. The van der Waals surface area contributed by atoms with Crippen molar-refractivity contribution in [2.45, 2.75) is 38.5 Å². The van der Waals surface area contributed by atoms with Crippen molar-refractivity contribution in [2.24, 2.45) is 16.3 Å². The zero-order valence-corrected chi connectivity index (χ0v) is 11.5. The summed E-state index contributed by atoms with van der Waals surface area (Å²) in [5, 5.41) is 7.66. The summed E-state index contributed by atoms with van der Waals surface area (Å²) in [6.45, 7) is 0.686. The lowest BCUT2D eigenvalue weighted by Gasteiger charge is -2.34. The molecule has 1 rings (SSSR count). The lowest BCUT2D eigenvalue weighted by Crippen LogP contribution is -2.47. The Bertz CT molecular complexity index is 375. The second-order valence-electron chi connectivity index (χ2n) is 5.02. The summed E-state index contributed by atoms with van der Waals surface area (Å²) in [5.74, 6) is -0.151. The molecule has 0 aromatic rings. The average Bonchev–Trinajstić information content (AvgIpc) is 2.34. The fourth-order valence-electron chi connectivity index (χ4n) is 2.42. The number of carbonyl (C=O) groups is 1. The summed E-state index contributed by atoms with van der Waals surface area (Å²) >= 11 is 0. The smallest absolute Gasteiger partial charge is 0.227 e. The molecule has 1 aliphatic carbocycles. The third kappa shape index (κ3) is 4.55. The molecule has 0 bridgehead atoms. The highest BCUT2D eigenvalue weighted by molar-refractivity contribution is 7.89. The summed E-state index contributed by atoms with van der Waals surface area (Å²) in [6.07, 6.45) is 5.20. The van der Waals surface area contributed by atoms with Gasteiger partial charge in [-0.15, -0.1) is 0 Å². The zero-order valence-electron chi connectivity index (χ0n) is 10.7. The van der Waals surface area contributed by atoms with Gasteiger partial charge in [-0.25, -0.2) is 13.6 Å². The molecule has 0 unspecified atom stereocenters. The summed E-state index contributed by atoms with van der Waals surface area (Å²) in [7, 11) is -3.44. The van der Waals surface area contributed by atoms with Gasteiger partial charge in [-0.2, -0.15) is 0 Å². The Balaban J connectivity index is 2.39. The van der Waals surface area contributed by atoms with Crippen molar-refractivity contribution in [3.8, 4) is 0 Å². The molecule has 0 aliphatic heterocycles. The number of carbonyl (C=O) groups excluding carboxylic acids is 1. The summed E-state index contributed by atoms with van der Waals surface area (Å²) in [5.41, 5.74) is 5.29. The van der Waals surface area contributed by atoms with Crippen molar-refractivity contribution in [1.82, 2.24) is 5.32 Å². The molecule has 0 atom stereocenters. The molecule has 5 N–H and O–H groups in total. The van der Waals surface area contributed by atoms with Gasteiger partial charge in [-0.3, -0.25) is 4.79 Å². The van der Waals surface area contributed by atoms with Crippen LogP contribution in [0.15, 0.2) is 0 Å². The Kier molecular flexibility index (Phi) is 5.55. The molecule has 106 valence electrons. The number of nitrogens with two attached hydrogens (primary N) is 2. The van der Waals surface area contributed by atoms with Gasteiger partial charge in [0.05, 0.1) is 11.2 Å². The maximum Gasteiger partial charge on any atom is 0.227 e. The monoisotopic (exact) mass is 277 g/mol. The first-order chi connectivity index (χ1) is 8.40. The number of rotatable bonds is 6. The topological polar surface area (TPSA) is 115 Å². The van der Waals surface area contributed by atoms with Crippen molar-refractivity contribution in [2.75, 3.05) is 18.8 Å². The van der Waals surface area contributed by atoms with E-state index < -0.39 is 15.4 Å². The van der Waals surface area contributed by atoms with Crippen molar-refractivity contribution in [3.63, 3.8) is 0 Å². The Morgan fingerprint density at radius 3 is 2.33 bits per heavy atom. The summed E-state index contributed by atoms with van der Waals surface area (Å²) < 4.78 is 21.5. The van der Waals surface area contributed by atoms with E-state index in [0.717, 1.165) is 32.1 Å². The second kappa shape index (κ2) is 6.49. The van der Waals surface area contributed by atoms with E-state index in [9.17, 15) is 13.2 Å². The molecule has 0 spiro atoms. The van der Waals surface area contributed by atoms with E-state index in [2.05, 4.69) is 5.32 Å². The average molecular weight is 277 g/mol. The molecule has 0 heterocycles. The first-order valence-corrected chi connectivity index (χ1v) is 8.10. The second-order valence-corrected chi connectivity index (χ2v) is 6.76. The molecular weight excluding hydrogens is 254 g/mol.